The van der Waals surface area contributed by atoms with Crippen LogP contribution in [0.1, 0.15) is 50.8 Å². The molecule has 1 aliphatic heterocycles. The van der Waals surface area contributed by atoms with E-state index < -0.39 is 36.0 Å². The van der Waals surface area contributed by atoms with E-state index in [9.17, 15) is 13.6 Å². The molecule has 1 aromatic carbocycles. The number of hydrogen-bond donors (Lipinski definition) is 1. The molecule has 2 rings (SSSR count). The van der Waals surface area contributed by atoms with E-state index in [2.05, 4.69) is 0 Å². The highest BCUT2D eigenvalue weighted by Crippen LogP contribution is 2.35. The van der Waals surface area contributed by atoms with Gasteiger partial charge in [-0.3, -0.25) is 0 Å². The maximum Gasteiger partial charge on any atom is 0.410 e. The second-order valence-electron chi connectivity index (χ2n) is 6.43. The zero-order valence-corrected chi connectivity index (χ0v) is 13.0. The van der Waals surface area contributed by atoms with Crippen molar-refractivity contribution in [3.05, 3.63) is 34.9 Å². The van der Waals surface area contributed by atoms with Crippen molar-refractivity contribution in [3.63, 3.8) is 0 Å². The van der Waals surface area contributed by atoms with Crippen LogP contribution in [0.5, 0.6) is 0 Å². The van der Waals surface area contributed by atoms with Crippen LogP contribution in [0.4, 0.5) is 13.6 Å². The SMILES string of the molecule is CC(C)(C)OC(=O)N1CCCC1c1ccc(CO)c(F)c1F. The molecule has 0 bridgehead atoms. The molecular formula is C16H21F2NO3. The van der Waals surface area contributed by atoms with Gasteiger partial charge in [-0.15, -0.1) is 0 Å². The summed E-state index contributed by atoms with van der Waals surface area (Å²) in [4.78, 5) is 13.6. The first kappa shape index (κ1) is 16.7. The first-order valence-corrected chi connectivity index (χ1v) is 7.32. The van der Waals surface area contributed by atoms with E-state index >= 15 is 0 Å². The summed E-state index contributed by atoms with van der Waals surface area (Å²) in [6, 6.07) is 2.23. The third kappa shape index (κ3) is 3.38. The number of carbonyl (C=O) groups is 1. The Kier molecular flexibility index (Phi) is 4.70. The molecule has 1 atom stereocenters. The van der Waals surface area contributed by atoms with Crippen LogP contribution in [0.2, 0.25) is 0 Å². The summed E-state index contributed by atoms with van der Waals surface area (Å²) in [6.45, 7) is 5.15. The van der Waals surface area contributed by atoms with Crippen LogP contribution in [0.15, 0.2) is 12.1 Å². The van der Waals surface area contributed by atoms with Gasteiger partial charge in [0.05, 0.1) is 12.6 Å². The molecule has 1 N–H and O–H groups in total. The lowest BCUT2D eigenvalue weighted by molar-refractivity contribution is 0.0221. The van der Waals surface area contributed by atoms with Gasteiger partial charge in [0.1, 0.15) is 5.60 Å². The second kappa shape index (κ2) is 6.20. The molecule has 1 amide bonds. The fraction of sp³-hybridized carbons (Fsp3) is 0.562. The molecule has 1 saturated heterocycles. The summed E-state index contributed by atoms with van der Waals surface area (Å²) < 4.78 is 33.4. The molecule has 122 valence electrons. The zero-order chi connectivity index (χ0) is 16.5. The van der Waals surface area contributed by atoms with E-state index in [-0.39, 0.29) is 11.1 Å². The molecule has 1 aliphatic rings. The molecule has 22 heavy (non-hydrogen) atoms. The smallest absolute Gasteiger partial charge is 0.410 e. The number of aliphatic hydroxyl groups is 1. The van der Waals surface area contributed by atoms with Gasteiger partial charge < -0.3 is 14.7 Å². The summed E-state index contributed by atoms with van der Waals surface area (Å²) in [5, 5.41) is 8.98. The number of likely N-dealkylation sites (tertiary alicyclic amines) is 1. The fourth-order valence-electron chi connectivity index (χ4n) is 2.61. The predicted octanol–water partition coefficient (Wildman–Crippen LogP) is 3.53. The average Bonchev–Trinajstić information content (AvgIpc) is 2.89. The normalized spacial score (nSPS) is 18.6. The minimum atomic E-state index is -1.06. The molecule has 0 saturated carbocycles. The van der Waals surface area contributed by atoms with Gasteiger partial charge in [0.2, 0.25) is 0 Å². The highest BCUT2D eigenvalue weighted by molar-refractivity contribution is 5.69. The lowest BCUT2D eigenvalue weighted by Crippen LogP contribution is -2.36. The quantitative estimate of drug-likeness (QED) is 0.908. The Balaban J connectivity index is 2.28. The minimum Gasteiger partial charge on any atom is -0.444 e. The number of nitrogens with zero attached hydrogens (tertiary/aromatic N) is 1. The maximum atomic E-state index is 14.2. The first-order chi connectivity index (χ1) is 10.2. The van der Waals surface area contributed by atoms with Gasteiger partial charge in [-0.25, -0.2) is 13.6 Å². The number of halogens is 2. The van der Waals surface area contributed by atoms with E-state index in [1.807, 2.05) is 0 Å². The van der Waals surface area contributed by atoms with Crippen molar-refractivity contribution in [1.29, 1.82) is 0 Å². The molecule has 6 heteroatoms. The van der Waals surface area contributed by atoms with Crippen LogP contribution in [0, 0.1) is 11.6 Å². The van der Waals surface area contributed by atoms with Crippen LogP contribution in [0.25, 0.3) is 0 Å². The number of carbonyl (C=O) groups excluding carboxylic acids is 1. The Hall–Kier alpha value is -1.69. The van der Waals surface area contributed by atoms with E-state index in [1.165, 1.54) is 17.0 Å². The van der Waals surface area contributed by atoms with Gasteiger partial charge >= 0.3 is 6.09 Å². The third-order valence-corrected chi connectivity index (χ3v) is 3.60. The highest BCUT2D eigenvalue weighted by atomic mass is 19.2. The van der Waals surface area contributed by atoms with Gasteiger partial charge in [-0.05, 0) is 33.6 Å². The minimum absolute atomic E-state index is 0.0944. The molecular weight excluding hydrogens is 292 g/mol. The van der Waals surface area contributed by atoms with E-state index in [0.717, 1.165) is 0 Å². The standard InChI is InChI=1S/C16H21F2NO3/c1-16(2,3)22-15(21)19-8-4-5-12(19)11-7-6-10(9-20)13(17)14(11)18/h6-7,12,20H,4-5,8-9H2,1-3H3. The lowest BCUT2D eigenvalue weighted by Gasteiger charge is -2.29. The molecule has 1 aromatic rings. The third-order valence-electron chi connectivity index (χ3n) is 3.60. The molecule has 1 fully saturated rings. The second-order valence-corrected chi connectivity index (χ2v) is 6.43. The summed E-state index contributed by atoms with van der Waals surface area (Å²) >= 11 is 0. The van der Waals surface area contributed by atoms with Crippen molar-refractivity contribution in [1.82, 2.24) is 4.90 Å². The van der Waals surface area contributed by atoms with Crippen molar-refractivity contribution < 1.29 is 23.4 Å². The van der Waals surface area contributed by atoms with E-state index in [1.54, 1.807) is 20.8 Å². The van der Waals surface area contributed by atoms with Crippen LogP contribution in [-0.4, -0.2) is 28.2 Å². The molecule has 0 aromatic heterocycles. The molecule has 0 radical (unpaired) electrons. The van der Waals surface area contributed by atoms with Crippen LogP contribution in [0.3, 0.4) is 0 Å². The number of rotatable bonds is 2. The number of aliphatic hydroxyl groups excluding tert-OH is 1. The van der Waals surface area contributed by atoms with Crippen LogP contribution < -0.4 is 0 Å². The molecule has 0 spiro atoms. The van der Waals surface area contributed by atoms with E-state index in [0.29, 0.717) is 19.4 Å². The molecule has 1 unspecified atom stereocenters. The lowest BCUT2D eigenvalue weighted by atomic mass is 10.0. The number of hydrogen-bond acceptors (Lipinski definition) is 3. The van der Waals surface area contributed by atoms with Crippen molar-refractivity contribution >= 4 is 6.09 Å². The maximum absolute atomic E-state index is 14.2. The van der Waals surface area contributed by atoms with Crippen molar-refractivity contribution in [3.8, 4) is 0 Å². The summed E-state index contributed by atoms with van der Waals surface area (Å²) in [5.74, 6) is -2.07. The summed E-state index contributed by atoms with van der Waals surface area (Å²) in [7, 11) is 0. The fourth-order valence-corrected chi connectivity index (χ4v) is 2.61. The molecule has 0 aliphatic carbocycles. The number of benzene rings is 1. The monoisotopic (exact) mass is 313 g/mol. The largest absolute Gasteiger partial charge is 0.444 e. The Morgan fingerprint density at radius 2 is 2.05 bits per heavy atom. The molecule has 4 nitrogen and oxygen atoms in total. The Labute approximate surface area is 128 Å². The van der Waals surface area contributed by atoms with Gasteiger partial charge in [0.15, 0.2) is 11.6 Å². The number of amides is 1. The highest BCUT2D eigenvalue weighted by Gasteiger charge is 2.35. The zero-order valence-electron chi connectivity index (χ0n) is 13.0. The molecule has 1 heterocycles. The van der Waals surface area contributed by atoms with Crippen molar-refractivity contribution in [2.75, 3.05) is 6.54 Å². The Morgan fingerprint density at radius 1 is 1.36 bits per heavy atom. The van der Waals surface area contributed by atoms with E-state index in [4.69, 9.17) is 9.84 Å². The average molecular weight is 313 g/mol. The summed E-state index contributed by atoms with van der Waals surface area (Å²) in [5.41, 5.74) is -0.615. The van der Waals surface area contributed by atoms with Crippen molar-refractivity contribution in [2.45, 2.75) is 51.9 Å². The van der Waals surface area contributed by atoms with Crippen LogP contribution >= 0.6 is 0 Å². The topological polar surface area (TPSA) is 49.8 Å². The number of ether oxygens (including phenoxy) is 1. The van der Waals surface area contributed by atoms with Gasteiger partial charge in [0.25, 0.3) is 0 Å². The van der Waals surface area contributed by atoms with Crippen molar-refractivity contribution in [2.24, 2.45) is 0 Å². The van der Waals surface area contributed by atoms with Gasteiger partial charge in [0, 0.05) is 17.7 Å². The van der Waals surface area contributed by atoms with Crippen LogP contribution in [-0.2, 0) is 11.3 Å². The predicted molar refractivity (Wildman–Crippen MR) is 77.2 cm³/mol. The van der Waals surface area contributed by atoms with Gasteiger partial charge in [-0.1, -0.05) is 12.1 Å². The summed E-state index contributed by atoms with van der Waals surface area (Å²) in [6.07, 6.45) is 0.724. The van der Waals surface area contributed by atoms with Gasteiger partial charge in [-0.2, -0.15) is 0 Å². The first-order valence-electron chi connectivity index (χ1n) is 7.32. The Bertz CT molecular complexity index is 569. The Morgan fingerprint density at radius 3 is 2.64 bits per heavy atom.